The summed E-state index contributed by atoms with van der Waals surface area (Å²) in [4.78, 5) is 12.2. The summed E-state index contributed by atoms with van der Waals surface area (Å²) in [6.07, 6.45) is 2.23. The predicted octanol–water partition coefficient (Wildman–Crippen LogP) is 4.74. The Morgan fingerprint density at radius 3 is 2.73 bits per heavy atom. The highest BCUT2D eigenvalue weighted by molar-refractivity contribution is 14.1. The van der Waals surface area contributed by atoms with Crippen LogP contribution in [0.4, 0.5) is 0 Å². The molecule has 1 aromatic heterocycles. The fraction of sp³-hybridized carbons (Fsp3) is 0.368. The van der Waals surface area contributed by atoms with Gasteiger partial charge in [-0.3, -0.25) is 4.79 Å². The highest BCUT2D eigenvalue weighted by Gasteiger charge is 2.32. The SMILES string of the molecule is Cc1cc(/C=N\NC(=O)CC2(C)SCCS2)c(C)n1-c1ccccc1I. The summed E-state index contributed by atoms with van der Waals surface area (Å²) < 4.78 is 3.40. The predicted molar refractivity (Wildman–Crippen MR) is 122 cm³/mol. The van der Waals surface area contributed by atoms with E-state index in [1.165, 1.54) is 3.57 Å². The molecule has 1 aliphatic rings. The molecule has 2 heterocycles. The summed E-state index contributed by atoms with van der Waals surface area (Å²) in [5.74, 6) is 2.20. The molecule has 7 heteroatoms. The largest absolute Gasteiger partial charge is 0.317 e. The molecular weight excluding hydrogens is 477 g/mol. The van der Waals surface area contributed by atoms with Crippen molar-refractivity contribution >= 4 is 58.2 Å². The molecule has 0 aliphatic carbocycles. The number of carbonyl (C=O) groups is 1. The molecule has 0 unspecified atom stereocenters. The number of aromatic nitrogens is 1. The highest BCUT2D eigenvalue weighted by atomic mass is 127. The maximum absolute atomic E-state index is 12.2. The lowest BCUT2D eigenvalue weighted by Gasteiger charge is -2.19. The Bertz CT molecular complexity index is 841. The maximum Gasteiger partial charge on any atom is 0.242 e. The average Bonchev–Trinajstić information content (AvgIpc) is 3.12. The molecule has 0 radical (unpaired) electrons. The molecule has 0 saturated carbocycles. The standard InChI is InChI=1S/C19H22IN3OS2/c1-13-10-15(14(2)23(13)17-7-5-4-6-16(17)20)12-21-22-18(24)11-19(3)25-8-9-26-19/h4-7,10,12H,8-9,11H2,1-3H3,(H,22,24)/b21-12-. The third kappa shape index (κ3) is 4.48. The van der Waals surface area contributed by atoms with Gasteiger partial charge in [-0.1, -0.05) is 12.1 Å². The van der Waals surface area contributed by atoms with Crippen molar-refractivity contribution in [3.05, 3.63) is 50.9 Å². The van der Waals surface area contributed by atoms with Crippen LogP contribution in [0.1, 0.15) is 30.3 Å². The van der Waals surface area contributed by atoms with Crippen molar-refractivity contribution in [2.75, 3.05) is 11.5 Å². The van der Waals surface area contributed by atoms with E-state index in [0.717, 1.165) is 34.1 Å². The minimum Gasteiger partial charge on any atom is -0.317 e. The maximum atomic E-state index is 12.2. The number of aryl methyl sites for hydroxylation is 1. The number of nitrogens with zero attached hydrogens (tertiary/aromatic N) is 2. The van der Waals surface area contributed by atoms with Crippen molar-refractivity contribution in [2.24, 2.45) is 5.10 Å². The molecule has 4 nitrogen and oxygen atoms in total. The number of hydrogen-bond acceptors (Lipinski definition) is 4. The Balaban J connectivity index is 1.71. The summed E-state index contributed by atoms with van der Waals surface area (Å²) in [6.45, 7) is 6.29. The van der Waals surface area contributed by atoms with E-state index in [4.69, 9.17) is 0 Å². The van der Waals surface area contributed by atoms with Gasteiger partial charge in [0, 0.05) is 32.0 Å². The second-order valence-corrected chi connectivity index (χ2v) is 11.0. The van der Waals surface area contributed by atoms with Crippen LogP contribution in [0.25, 0.3) is 5.69 Å². The van der Waals surface area contributed by atoms with Crippen LogP contribution in [0.2, 0.25) is 0 Å². The fourth-order valence-electron chi connectivity index (χ4n) is 3.09. The number of amides is 1. The molecule has 0 spiro atoms. The first-order valence-corrected chi connectivity index (χ1v) is 11.5. The molecule has 0 bridgehead atoms. The lowest BCUT2D eigenvalue weighted by molar-refractivity contribution is -0.121. The van der Waals surface area contributed by atoms with E-state index < -0.39 is 0 Å². The summed E-state index contributed by atoms with van der Waals surface area (Å²) in [5, 5.41) is 4.19. The molecule has 2 aromatic rings. The number of para-hydroxylation sites is 1. The van der Waals surface area contributed by atoms with E-state index in [1.807, 2.05) is 35.7 Å². The van der Waals surface area contributed by atoms with Crippen molar-refractivity contribution in [3.63, 3.8) is 0 Å². The lowest BCUT2D eigenvalue weighted by atomic mass is 10.2. The second-order valence-electron chi connectivity index (χ2n) is 6.41. The van der Waals surface area contributed by atoms with Crippen LogP contribution in [-0.4, -0.2) is 32.3 Å². The first kappa shape index (κ1) is 19.8. The Morgan fingerprint density at radius 1 is 1.35 bits per heavy atom. The fourth-order valence-corrected chi connectivity index (χ4v) is 6.54. The van der Waals surface area contributed by atoms with Gasteiger partial charge in [0.05, 0.1) is 22.4 Å². The van der Waals surface area contributed by atoms with Crippen molar-refractivity contribution in [2.45, 2.75) is 31.3 Å². The van der Waals surface area contributed by atoms with Crippen LogP contribution < -0.4 is 5.43 Å². The number of hydrogen-bond donors (Lipinski definition) is 1. The van der Waals surface area contributed by atoms with E-state index in [-0.39, 0.29) is 9.99 Å². The number of thioether (sulfide) groups is 2. The van der Waals surface area contributed by atoms with Gasteiger partial charge < -0.3 is 4.57 Å². The van der Waals surface area contributed by atoms with Crippen molar-refractivity contribution in [1.29, 1.82) is 0 Å². The molecule has 1 aromatic carbocycles. The minimum atomic E-state index is -0.0305. The zero-order valence-corrected chi connectivity index (χ0v) is 18.9. The molecule has 1 saturated heterocycles. The third-order valence-electron chi connectivity index (χ3n) is 4.34. The smallest absolute Gasteiger partial charge is 0.242 e. The van der Waals surface area contributed by atoms with E-state index >= 15 is 0 Å². The molecule has 1 amide bonds. The van der Waals surface area contributed by atoms with E-state index in [2.05, 4.69) is 76.7 Å². The zero-order chi connectivity index (χ0) is 18.7. The summed E-state index contributed by atoms with van der Waals surface area (Å²) in [7, 11) is 0. The van der Waals surface area contributed by atoms with Crippen LogP contribution in [-0.2, 0) is 4.79 Å². The third-order valence-corrected chi connectivity index (χ3v) is 8.54. The Kier molecular flexibility index (Phi) is 6.40. The van der Waals surface area contributed by atoms with Gasteiger partial charge >= 0.3 is 0 Å². The van der Waals surface area contributed by atoms with Crippen LogP contribution in [0.15, 0.2) is 35.4 Å². The highest BCUT2D eigenvalue weighted by Crippen LogP contribution is 2.45. The van der Waals surface area contributed by atoms with E-state index in [1.54, 1.807) is 6.21 Å². The molecule has 1 aliphatic heterocycles. The van der Waals surface area contributed by atoms with Gasteiger partial charge in [-0.25, -0.2) is 5.43 Å². The molecule has 3 rings (SSSR count). The van der Waals surface area contributed by atoms with Gasteiger partial charge in [-0.15, -0.1) is 23.5 Å². The van der Waals surface area contributed by atoms with Crippen LogP contribution in [0.5, 0.6) is 0 Å². The first-order valence-electron chi connectivity index (χ1n) is 8.43. The van der Waals surface area contributed by atoms with Gasteiger partial charge in [0.1, 0.15) is 0 Å². The second kappa shape index (κ2) is 8.39. The Morgan fingerprint density at radius 2 is 2.04 bits per heavy atom. The lowest BCUT2D eigenvalue weighted by Crippen LogP contribution is -2.26. The number of hydrazone groups is 1. The summed E-state index contributed by atoms with van der Waals surface area (Å²) in [5.41, 5.74) is 7.11. The molecule has 1 fully saturated rings. The average molecular weight is 499 g/mol. The summed E-state index contributed by atoms with van der Waals surface area (Å²) >= 11 is 6.06. The first-order chi connectivity index (χ1) is 12.4. The van der Waals surface area contributed by atoms with Crippen LogP contribution in [0, 0.1) is 17.4 Å². The van der Waals surface area contributed by atoms with Crippen molar-refractivity contribution in [1.82, 2.24) is 9.99 Å². The van der Waals surface area contributed by atoms with Gasteiger partial charge in [0.15, 0.2) is 0 Å². The molecule has 26 heavy (non-hydrogen) atoms. The van der Waals surface area contributed by atoms with Gasteiger partial charge in [-0.2, -0.15) is 5.10 Å². The minimum absolute atomic E-state index is 0.0145. The number of rotatable bonds is 5. The quantitative estimate of drug-likeness (QED) is 0.368. The number of benzene rings is 1. The van der Waals surface area contributed by atoms with Gasteiger partial charge in [0.2, 0.25) is 5.91 Å². The topological polar surface area (TPSA) is 46.4 Å². The Labute approximate surface area is 176 Å². The van der Waals surface area contributed by atoms with Gasteiger partial charge in [0.25, 0.3) is 0 Å². The molecule has 1 N–H and O–H groups in total. The molecular formula is C19H22IN3OS2. The number of carbonyl (C=O) groups excluding carboxylic acids is 1. The van der Waals surface area contributed by atoms with Crippen molar-refractivity contribution in [3.8, 4) is 5.69 Å². The van der Waals surface area contributed by atoms with Gasteiger partial charge in [-0.05, 0) is 61.6 Å². The van der Waals surface area contributed by atoms with Crippen LogP contribution >= 0.6 is 46.1 Å². The van der Waals surface area contributed by atoms with Crippen molar-refractivity contribution < 1.29 is 4.79 Å². The summed E-state index contributed by atoms with van der Waals surface area (Å²) in [6, 6.07) is 10.4. The monoisotopic (exact) mass is 499 g/mol. The Hall–Kier alpha value is -0.930. The van der Waals surface area contributed by atoms with E-state index in [9.17, 15) is 4.79 Å². The van der Waals surface area contributed by atoms with Crippen LogP contribution in [0.3, 0.4) is 0 Å². The molecule has 0 atom stereocenters. The number of halogens is 1. The van der Waals surface area contributed by atoms with E-state index in [0.29, 0.717) is 6.42 Å². The normalized spacial score (nSPS) is 16.3. The molecule has 138 valence electrons. The number of nitrogens with one attached hydrogen (secondary N) is 1. The zero-order valence-electron chi connectivity index (χ0n) is 15.1.